The van der Waals surface area contributed by atoms with Gasteiger partial charge in [-0.25, -0.2) is 0 Å². The minimum atomic E-state index is 0.248. The summed E-state index contributed by atoms with van der Waals surface area (Å²) in [7, 11) is 0. The lowest BCUT2D eigenvalue weighted by atomic mass is 10.2. The van der Waals surface area contributed by atoms with Crippen molar-refractivity contribution in [3.8, 4) is 0 Å². The van der Waals surface area contributed by atoms with Gasteiger partial charge in [0.05, 0.1) is 25.7 Å². The molecule has 1 unspecified atom stereocenters. The highest BCUT2D eigenvalue weighted by Gasteiger charge is 2.15. The lowest BCUT2D eigenvalue weighted by Crippen LogP contribution is -2.17. The Kier molecular flexibility index (Phi) is 4.97. The molecule has 3 heteroatoms. The van der Waals surface area contributed by atoms with E-state index in [1.165, 1.54) is 5.56 Å². The molecular weight excluding hydrogens is 226 g/mol. The molecule has 0 aliphatic carbocycles. The first-order valence-corrected chi connectivity index (χ1v) is 6.33. The fourth-order valence-corrected chi connectivity index (χ4v) is 1.78. The molecule has 0 fully saturated rings. The van der Waals surface area contributed by atoms with Gasteiger partial charge in [0.2, 0.25) is 0 Å². The Balaban J connectivity index is 1.65. The molecule has 1 aliphatic rings. The van der Waals surface area contributed by atoms with Crippen molar-refractivity contribution in [3.05, 3.63) is 42.0 Å². The van der Waals surface area contributed by atoms with Crippen LogP contribution in [0.3, 0.4) is 0 Å². The third kappa shape index (κ3) is 4.00. The van der Waals surface area contributed by atoms with Crippen molar-refractivity contribution in [1.29, 1.82) is 0 Å². The fraction of sp³-hybridized carbons (Fsp3) is 0.400. The van der Waals surface area contributed by atoms with Gasteiger partial charge < -0.3 is 9.47 Å². The Labute approximate surface area is 108 Å². The Morgan fingerprint density at radius 3 is 2.94 bits per heavy atom. The van der Waals surface area contributed by atoms with Gasteiger partial charge in [-0.15, -0.1) is 0 Å². The first-order valence-electron chi connectivity index (χ1n) is 6.33. The van der Waals surface area contributed by atoms with E-state index in [-0.39, 0.29) is 5.92 Å². The SMILES string of the molecule is CC(COC/C=C/c1ccccc1)C1=NCCO1. The molecule has 1 aliphatic heterocycles. The molecule has 0 radical (unpaired) electrons. The largest absolute Gasteiger partial charge is 0.479 e. The normalized spacial score (nSPS) is 16.6. The Morgan fingerprint density at radius 1 is 1.39 bits per heavy atom. The van der Waals surface area contributed by atoms with Crippen LogP contribution in [0.5, 0.6) is 0 Å². The number of rotatable bonds is 6. The first-order chi connectivity index (χ1) is 8.86. The third-order valence-corrected chi connectivity index (χ3v) is 2.72. The van der Waals surface area contributed by atoms with Crippen molar-refractivity contribution in [2.24, 2.45) is 10.9 Å². The van der Waals surface area contributed by atoms with Crippen LogP contribution >= 0.6 is 0 Å². The molecule has 1 aromatic rings. The second-order valence-electron chi connectivity index (χ2n) is 4.32. The summed E-state index contributed by atoms with van der Waals surface area (Å²) in [5, 5.41) is 0. The molecule has 18 heavy (non-hydrogen) atoms. The van der Waals surface area contributed by atoms with Gasteiger partial charge in [0, 0.05) is 0 Å². The molecule has 0 N–H and O–H groups in total. The van der Waals surface area contributed by atoms with Gasteiger partial charge in [-0.05, 0) is 5.56 Å². The summed E-state index contributed by atoms with van der Waals surface area (Å²) >= 11 is 0. The van der Waals surface area contributed by atoms with Crippen LogP contribution in [0.4, 0.5) is 0 Å². The van der Waals surface area contributed by atoms with E-state index in [0.29, 0.717) is 19.8 Å². The third-order valence-electron chi connectivity index (χ3n) is 2.72. The van der Waals surface area contributed by atoms with E-state index < -0.39 is 0 Å². The summed E-state index contributed by atoms with van der Waals surface area (Å²) in [5.74, 6) is 1.08. The minimum Gasteiger partial charge on any atom is -0.479 e. The van der Waals surface area contributed by atoms with E-state index in [2.05, 4.69) is 30.1 Å². The standard InChI is InChI=1S/C15H19NO2/c1-13(15-16-9-11-18-15)12-17-10-5-8-14-6-3-2-4-7-14/h2-8,13H,9-12H2,1H3/b8-5+. The number of hydrogen-bond acceptors (Lipinski definition) is 3. The van der Waals surface area contributed by atoms with Crippen molar-refractivity contribution in [3.63, 3.8) is 0 Å². The van der Waals surface area contributed by atoms with Crippen molar-refractivity contribution in [2.45, 2.75) is 6.92 Å². The number of hydrogen-bond donors (Lipinski definition) is 0. The molecule has 1 aromatic carbocycles. The second-order valence-corrected chi connectivity index (χ2v) is 4.32. The van der Waals surface area contributed by atoms with Gasteiger partial charge in [-0.1, -0.05) is 49.4 Å². The van der Waals surface area contributed by atoms with Crippen LogP contribution in [0.15, 0.2) is 41.4 Å². The zero-order chi connectivity index (χ0) is 12.6. The van der Waals surface area contributed by atoms with E-state index in [0.717, 1.165) is 12.4 Å². The van der Waals surface area contributed by atoms with Crippen molar-refractivity contribution in [2.75, 3.05) is 26.4 Å². The maximum Gasteiger partial charge on any atom is 0.188 e. The van der Waals surface area contributed by atoms with E-state index in [9.17, 15) is 0 Å². The molecule has 0 saturated heterocycles. The molecule has 2 rings (SSSR count). The van der Waals surface area contributed by atoms with Crippen LogP contribution in [-0.2, 0) is 9.47 Å². The van der Waals surface area contributed by atoms with Crippen LogP contribution in [0.25, 0.3) is 6.08 Å². The Morgan fingerprint density at radius 2 is 2.22 bits per heavy atom. The summed E-state index contributed by atoms with van der Waals surface area (Å²) in [5.41, 5.74) is 1.19. The van der Waals surface area contributed by atoms with Crippen molar-refractivity contribution in [1.82, 2.24) is 0 Å². The molecule has 1 atom stereocenters. The van der Waals surface area contributed by atoms with Gasteiger partial charge in [0.15, 0.2) is 5.90 Å². The Hall–Kier alpha value is -1.61. The predicted octanol–water partition coefficient (Wildman–Crippen LogP) is 2.78. The summed E-state index contributed by atoms with van der Waals surface area (Å²) in [4.78, 5) is 4.28. The average molecular weight is 245 g/mol. The maximum absolute atomic E-state index is 5.58. The van der Waals surface area contributed by atoms with Crippen molar-refractivity contribution < 1.29 is 9.47 Å². The molecule has 0 bridgehead atoms. The Bertz CT molecular complexity index is 412. The monoisotopic (exact) mass is 245 g/mol. The number of ether oxygens (including phenoxy) is 2. The highest BCUT2D eigenvalue weighted by atomic mass is 16.5. The quantitative estimate of drug-likeness (QED) is 0.721. The zero-order valence-corrected chi connectivity index (χ0v) is 10.7. The van der Waals surface area contributed by atoms with E-state index in [1.54, 1.807) is 0 Å². The first kappa shape index (κ1) is 12.8. The van der Waals surface area contributed by atoms with Crippen LogP contribution in [0.2, 0.25) is 0 Å². The average Bonchev–Trinajstić information content (AvgIpc) is 2.93. The maximum atomic E-state index is 5.58. The van der Waals surface area contributed by atoms with Gasteiger partial charge in [0.25, 0.3) is 0 Å². The highest BCUT2D eigenvalue weighted by molar-refractivity contribution is 5.79. The molecule has 0 saturated carbocycles. The number of benzene rings is 1. The van der Waals surface area contributed by atoms with Crippen molar-refractivity contribution >= 4 is 12.0 Å². The van der Waals surface area contributed by atoms with Gasteiger partial charge >= 0.3 is 0 Å². The predicted molar refractivity (Wildman–Crippen MR) is 73.7 cm³/mol. The van der Waals surface area contributed by atoms with E-state index in [4.69, 9.17) is 9.47 Å². The van der Waals surface area contributed by atoms with Crippen LogP contribution in [-0.4, -0.2) is 32.3 Å². The van der Waals surface area contributed by atoms with E-state index >= 15 is 0 Å². The van der Waals surface area contributed by atoms with Gasteiger partial charge in [-0.3, -0.25) is 4.99 Å². The molecule has 3 nitrogen and oxygen atoms in total. The molecule has 96 valence electrons. The zero-order valence-electron chi connectivity index (χ0n) is 10.7. The number of aliphatic imine (C=N–C) groups is 1. The summed E-state index contributed by atoms with van der Waals surface area (Å²) < 4.78 is 11.0. The summed E-state index contributed by atoms with van der Waals surface area (Å²) in [6, 6.07) is 10.2. The molecule has 0 aromatic heterocycles. The smallest absolute Gasteiger partial charge is 0.188 e. The molecule has 1 heterocycles. The van der Waals surface area contributed by atoms with E-state index in [1.807, 2.05) is 24.3 Å². The lowest BCUT2D eigenvalue weighted by Gasteiger charge is -2.10. The lowest BCUT2D eigenvalue weighted by molar-refractivity contribution is 0.140. The van der Waals surface area contributed by atoms with Crippen LogP contribution in [0, 0.1) is 5.92 Å². The summed E-state index contributed by atoms with van der Waals surface area (Å²) in [6.45, 7) is 4.84. The molecular formula is C15H19NO2. The highest BCUT2D eigenvalue weighted by Crippen LogP contribution is 2.07. The second kappa shape index (κ2) is 6.97. The summed E-state index contributed by atoms with van der Waals surface area (Å²) in [6.07, 6.45) is 4.09. The fourth-order valence-electron chi connectivity index (χ4n) is 1.78. The van der Waals surface area contributed by atoms with Gasteiger partial charge in [0.1, 0.15) is 6.61 Å². The van der Waals surface area contributed by atoms with Gasteiger partial charge in [-0.2, -0.15) is 0 Å². The minimum absolute atomic E-state index is 0.248. The molecule has 0 amide bonds. The topological polar surface area (TPSA) is 30.8 Å². The molecule has 0 spiro atoms. The van der Waals surface area contributed by atoms with Crippen LogP contribution in [0.1, 0.15) is 12.5 Å². The van der Waals surface area contributed by atoms with Crippen LogP contribution < -0.4 is 0 Å². The number of nitrogens with zero attached hydrogens (tertiary/aromatic N) is 1.